The minimum absolute atomic E-state index is 0.170. The number of halogens is 1. The summed E-state index contributed by atoms with van der Waals surface area (Å²) in [5, 5.41) is 9.74. The Hall–Kier alpha value is -0.930. The van der Waals surface area contributed by atoms with Gasteiger partial charge < -0.3 is 10.8 Å². The molecule has 0 heterocycles. The van der Waals surface area contributed by atoms with Crippen LogP contribution < -0.4 is 5.73 Å². The molecule has 2 nitrogen and oxygen atoms in total. The largest absolute Gasteiger partial charge is 0.389 e. The van der Waals surface area contributed by atoms with Crippen LogP contribution in [0, 0.1) is 12.7 Å². The van der Waals surface area contributed by atoms with E-state index < -0.39 is 5.60 Å². The molecule has 0 aliphatic carbocycles. The second-order valence-corrected chi connectivity index (χ2v) is 3.95. The molecule has 0 saturated carbocycles. The maximum Gasteiger partial charge on any atom is 0.123 e. The molecule has 0 amide bonds. The summed E-state index contributed by atoms with van der Waals surface area (Å²) < 4.78 is 12.9. The summed E-state index contributed by atoms with van der Waals surface area (Å²) in [6, 6.07) is 4.56. The maximum atomic E-state index is 12.9. The van der Waals surface area contributed by atoms with Crippen molar-refractivity contribution in [2.24, 2.45) is 5.73 Å². The van der Waals surface area contributed by atoms with Crippen LogP contribution in [0.15, 0.2) is 18.2 Å². The third-order valence-electron chi connectivity index (χ3n) is 2.32. The summed E-state index contributed by atoms with van der Waals surface area (Å²) >= 11 is 0. The lowest BCUT2D eigenvalue weighted by atomic mass is 9.94. The number of hydrogen-bond donors (Lipinski definition) is 2. The van der Waals surface area contributed by atoms with Crippen molar-refractivity contribution < 1.29 is 9.50 Å². The second kappa shape index (κ2) is 4.07. The molecule has 78 valence electrons. The number of hydrogen-bond acceptors (Lipinski definition) is 2. The van der Waals surface area contributed by atoms with Crippen molar-refractivity contribution in [3.05, 3.63) is 35.1 Å². The molecular formula is C11H16FNO. The average molecular weight is 197 g/mol. The molecule has 3 N–H and O–H groups in total. The van der Waals surface area contributed by atoms with Gasteiger partial charge in [0.1, 0.15) is 5.82 Å². The van der Waals surface area contributed by atoms with E-state index in [4.69, 9.17) is 5.73 Å². The predicted octanol–water partition coefficient (Wildman–Crippen LogP) is 1.39. The Kier molecular flexibility index (Phi) is 3.24. The minimum atomic E-state index is -0.960. The third-order valence-corrected chi connectivity index (χ3v) is 2.32. The summed E-state index contributed by atoms with van der Waals surface area (Å²) in [7, 11) is 0. The summed E-state index contributed by atoms with van der Waals surface area (Å²) in [6.45, 7) is 3.71. The van der Waals surface area contributed by atoms with Crippen molar-refractivity contribution in [2.75, 3.05) is 6.54 Å². The fourth-order valence-electron chi connectivity index (χ4n) is 1.31. The van der Waals surface area contributed by atoms with E-state index in [2.05, 4.69) is 0 Å². The summed E-state index contributed by atoms with van der Waals surface area (Å²) in [5.74, 6) is -0.279. The monoisotopic (exact) mass is 197 g/mol. The highest BCUT2D eigenvalue weighted by Gasteiger charge is 2.19. The smallest absolute Gasteiger partial charge is 0.123 e. The van der Waals surface area contributed by atoms with Crippen molar-refractivity contribution in [1.29, 1.82) is 0 Å². The van der Waals surface area contributed by atoms with E-state index in [-0.39, 0.29) is 12.4 Å². The maximum absolute atomic E-state index is 12.9. The molecule has 0 aliphatic rings. The fraction of sp³-hybridized carbons (Fsp3) is 0.455. The van der Waals surface area contributed by atoms with E-state index in [1.165, 1.54) is 12.1 Å². The van der Waals surface area contributed by atoms with Crippen molar-refractivity contribution >= 4 is 0 Å². The molecule has 1 aromatic carbocycles. The van der Waals surface area contributed by atoms with E-state index in [1.54, 1.807) is 13.0 Å². The summed E-state index contributed by atoms with van der Waals surface area (Å²) in [6.07, 6.45) is 0.382. The van der Waals surface area contributed by atoms with Crippen LogP contribution in [-0.2, 0) is 6.42 Å². The van der Waals surface area contributed by atoms with Crippen LogP contribution in [-0.4, -0.2) is 17.3 Å². The van der Waals surface area contributed by atoms with Crippen LogP contribution in [0.2, 0.25) is 0 Å². The first-order valence-electron chi connectivity index (χ1n) is 4.62. The van der Waals surface area contributed by atoms with E-state index in [1.807, 2.05) is 6.92 Å². The van der Waals surface area contributed by atoms with E-state index in [9.17, 15) is 9.50 Å². The summed E-state index contributed by atoms with van der Waals surface area (Å²) in [4.78, 5) is 0. The first-order valence-corrected chi connectivity index (χ1v) is 4.62. The normalized spacial score (nSPS) is 15.2. The topological polar surface area (TPSA) is 46.2 Å². The van der Waals surface area contributed by atoms with Crippen LogP contribution >= 0.6 is 0 Å². The first-order chi connectivity index (χ1) is 6.44. The van der Waals surface area contributed by atoms with Crippen molar-refractivity contribution in [1.82, 2.24) is 0 Å². The Balaban J connectivity index is 2.91. The van der Waals surface area contributed by atoms with Gasteiger partial charge in [-0.25, -0.2) is 4.39 Å². The minimum Gasteiger partial charge on any atom is -0.389 e. The van der Waals surface area contributed by atoms with E-state index >= 15 is 0 Å². The second-order valence-electron chi connectivity index (χ2n) is 3.95. The van der Waals surface area contributed by atoms with Crippen molar-refractivity contribution in [3.63, 3.8) is 0 Å². The van der Waals surface area contributed by atoms with Gasteiger partial charge in [-0.3, -0.25) is 0 Å². The lowest BCUT2D eigenvalue weighted by Gasteiger charge is -2.21. The Morgan fingerprint density at radius 1 is 1.50 bits per heavy atom. The Morgan fingerprint density at radius 2 is 2.14 bits per heavy atom. The zero-order valence-electron chi connectivity index (χ0n) is 8.55. The molecule has 0 saturated heterocycles. The Labute approximate surface area is 83.6 Å². The van der Waals surface area contributed by atoms with Crippen LogP contribution in [0.4, 0.5) is 4.39 Å². The number of benzene rings is 1. The molecule has 14 heavy (non-hydrogen) atoms. The number of aliphatic hydroxyl groups is 1. The molecule has 0 spiro atoms. The van der Waals surface area contributed by atoms with Gasteiger partial charge in [0.2, 0.25) is 0 Å². The van der Waals surface area contributed by atoms with Gasteiger partial charge in [0.05, 0.1) is 5.60 Å². The van der Waals surface area contributed by atoms with Crippen molar-refractivity contribution in [3.8, 4) is 0 Å². The van der Waals surface area contributed by atoms with Crippen LogP contribution in [0.1, 0.15) is 18.1 Å². The molecule has 1 unspecified atom stereocenters. The lowest BCUT2D eigenvalue weighted by molar-refractivity contribution is 0.0694. The van der Waals surface area contributed by atoms with E-state index in [0.29, 0.717) is 6.42 Å². The van der Waals surface area contributed by atoms with Crippen LogP contribution in [0.3, 0.4) is 0 Å². The molecule has 0 fully saturated rings. The molecule has 1 atom stereocenters. The number of nitrogens with two attached hydrogens (primary N) is 1. The number of rotatable bonds is 3. The zero-order valence-corrected chi connectivity index (χ0v) is 8.55. The van der Waals surface area contributed by atoms with Gasteiger partial charge in [-0.05, 0) is 37.1 Å². The van der Waals surface area contributed by atoms with Gasteiger partial charge >= 0.3 is 0 Å². The average Bonchev–Trinajstić information content (AvgIpc) is 2.11. The molecule has 0 bridgehead atoms. The predicted molar refractivity (Wildman–Crippen MR) is 54.5 cm³/mol. The quantitative estimate of drug-likeness (QED) is 0.769. The molecule has 1 aromatic rings. The summed E-state index contributed by atoms with van der Waals surface area (Å²) in [5.41, 5.74) is 6.22. The SMILES string of the molecule is Cc1ccc(F)cc1CC(C)(O)CN. The van der Waals surface area contributed by atoms with Gasteiger partial charge in [-0.1, -0.05) is 6.07 Å². The van der Waals surface area contributed by atoms with Gasteiger partial charge in [-0.2, -0.15) is 0 Å². The molecule has 0 radical (unpaired) electrons. The van der Waals surface area contributed by atoms with Gasteiger partial charge in [-0.15, -0.1) is 0 Å². The highest BCUT2D eigenvalue weighted by atomic mass is 19.1. The molecule has 3 heteroatoms. The van der Waals surface area contributed by atoms with Gasteiger partial charge in [0, 0.05) is 13.0 Å². The molecule has 0 aromatic heterocycles. The third kappa shape index (κ3) is 2.79. The zero-order chi connectivity index (χ0) is 10.8. The van der Waals surface area contributed by atoms with Gasteiger partial charge in [0.25, 0.3) is 0 Å². The molecule has 0 aliphatic heterocycles. The fourth-order valence-corrected chi connectivity index (χ4v) is 1.31. The molecular weight excluding hydrogens is 181 g/mol. The Morgan fingerprint density at radius 3 is 2.71 bits per heavy atom. The number of aryl methyl sites for hydroxylation is 1. The highest BCUT2D eigenvalue weighted by Crippen LogP contribution is 2.16. The van der Waals surface area contributed by atoms with Crippen molar-refractivity contribution in [2.45, 2.75) is 25.9 Å². The lowest BCUT2D eigenvalue weighted by Crippen LogP contribution is -2.36. The van der Waals surface area contributed by atoms with E-state index in [0.717, 1.165) is 11.1 Å². The van der Waals surface area contributed by atoms with Gasteiger partial charge in [0.15, 0.2) is 0 Å². The Bertz CT molecular complexity index is 323. The standard InChI is InChI=1S/C11H16FNO/c1-8-3-4-10(12)5-9(8)6-11(2,14)7-13/h3-5,14H,6-7,13H2,1-2H3. The molecule has 1 rings (SSSR count). The highest BCUT2D eigenvalue weighted by molar-refractivity contribution is 5.27. The van der Waals surface area contributed by atoms with Crippen LogP contribution in [0.5, 0.6) is 0 Å². The first kappa shape index (κ1) is 11.1. The van der Waals surface area contributed by atoms with Crippen LogP contribution in [0.25, 0.3) is 0 Å².